The number of furan rings is 1. The molecular weight excluding hydrogens is 358 g/mol. The van der Waals surface area contributed by atoms with Crippen LogP contribution in [0.1, 0.15) is 58.9 Å². The average molecular weight is 385 g/mol. The first kappa shape index (κ1) is 21.5. The molecule has 0 radical (unpaired) electrons. The standard InChI is InChI=1S/C21H27N3O4/c1-12(2)18(19(25)24-20(26)28-21(4,5)6)23-13(3)17-10-15-9-14(11-22)7-8-16(15)27-17/h7-10,12-13,18,23H,1-6H3,(H,24,25,26)/t13?,18-/m0/s1. The smallest absolute Gasteiger partial charge is 0.414 e. The van der Waals surface area contributed by atoms with Crippen LogP contribution in [0.15, 0.2) is 28.7 Å². The second-order valence-corrected chi connectivity index (χ2v) is 8.11. The molecule has 2 N–H and O–H groups in total. The first-order valence-corrected chi connectivity index (χ1v) is 9.23. The lowest BCUT2D eigenvalue weighted by Gasteiger charge is -2.25. The van der Waals surface area contributed by atoms with Crippen molar-refractivity contribution in [2.45, 2.75) is 59.2 Å². The number of hydrogen-bond donors (Lipinski definition) is 2. The van der Waals surface area contributed by atoms with Gasteiger partial charge in [-0.15, -0.1) is 0 Å². The lowest BCUT2D eigenvalue weighted by molar-refractivity contribution is -0.124. The van der Waals surface area contributed by atoms with Crippen LogP contribution in [-0.2, 0) is 9.53 Å². The minimum absolute atomic E-state index is 0.0699. The first-order valence-electron chi connectivity index (χ1n) is 9.23. The lowest BCUT2D eigenvalue weighted by atomic mass is 10.0. The number of imide groups is 1. The van der Waals surface area contributed by atoms with E-state index in [1.165, 1.54) is 0 Å². The highest BCUT2D eigenvalue weighted by Gasteiger charge is 2.28. The third-order valence-electron chi connectivity index (χ3n) is 4.09. The highest BCUT2D eigenvalue weighted by molar-refractivity contribution is 5.95. The number of carbonyl (C=O) groups excluding carboxylic acids is 2. The molecule has 2 atom stereocenters. The normalized spacial score (nSPS) is 13.8. The number of rotatable bonds is 5. The topological polar surface area (TPSA) is 104 Å². The van der Waals surface area contributed by atoms with E-state index in [-0.39, 0.29) is 12.0 Å². The summed E-state index contributed by atoms with van der Waals surface area (Å²) >= 11 is 0. The molecule has 1 aromatic heterocycles. The molecule has 2 amide bonds. The Kier molecular flexibility index (Phi) is 6.47. The summed E-state index contributed by atoms with van der Waals surface area (Å²) in [6.07, 6.45) is -0.773. The van der Waals surface area contributed by atoms with E-state index in [2.05, 4.69) is 16.7 Å². The molecular formula is C21H27N3O4. The highest BCUT2D eigenvalue weighted by atomic mass is 16.6. The summed E-state index contributed by atoms with van der Waals surface area (Å²) in [5.74, 6) is 0.110. The van der Waals surface area contributed by atoms with Crippen molar-refractivity contribution in [2.24, 2.45) is 5.92 Å². The number of hydrogen-bond acceptors (Lipinski definition) is 6. The van der Waals surface area contributed by atoms with Gasteiger partial charge in [0.05, 0.1) is 23.7 Å². The van der Waals surface area contributed by atoms with Gasteiger partial charge in [-0.2, -0.15) is 5.26 Å². The molecule has 1 unspecified atom stereocenters. The Morgan fingerprint density at radius 1 is 1.18 bits per heavy atom. The number of fused-ring (bicyclic) bond motifs is 1. The van der Waals surface area contributed by atoms with Crippen molar-refractivity contribution in [3.8, 4) is 6.07 Å². The summed E-state index contributed by atoms with van der Waals surface area (Å²) < 4.78 is 11.0. The fraction of sp³-hybridized carbons (Fsp3) is 0.476. The van der Waals surface area contributed by atoms with E-state index in [1.807, 2.05) is 26.8 Å². The molecule has 2 rings (SSSR count). The van der Waals surface area contributed by atoms with Gasteiger partial charge in [-0.25, -0.2) is 4.79 Å². The average Bonchev–Trinajstić information content (AvgIpc) is 3.00. The molecule has 28 heavy (non-hydrogen) atoms. The Hall–Kier alpha value is -2.85. The fourth-order valence-corrected chi connectivity index (χ4v) is 2.75. The monoisotopic (exact) mass is 385 g/mol. The number of ether oxygens (including phenoxy) is 1. The fourth-order valence-electron chi connectivity index (χ4n) is 2.75. The zero-order chi connectivity index (χ0) is 21.1. The van der Waals surface area contributed by atoms with Gasteiger partial charge in [-0.1, -0.05) is 13.8 Å². The lowest BCUT2D eigenvalue weighted by Crippen LogP contribution is -2.50. The highest BCUT2D eigenvalue weighted by Crippen LogP contribution is 2.25. The molecule has 0 aliphatic heterocycles. The number of nitrogens with zero attached hydrogens (tertiary/aromatic N) is 1. The molecule has 150 valence electrons. The number of nitriles is 1. The van der Waals surface area contributed by atoms with Crippen LogP contribution in [0, 0.1) is 17.2 Å². The van der Waals surface area contributed by atoms with E-state index in [4.69, 9.17) is 14.4 Å². The van der Waals surface area contributed by atoms with Gasteiger partial charge >= 0.3 is 6.09 Å². The van der Waals surface area contributed by atoms with Gasteiger partial charge in [-0.3, -0.25) is 15.4 Å². The van der Waals surface area contributed by atoms with E-state index < -0.39 is 23.6 Å². The van der Waals surface area contributed by atoms with Crippen LogP contribution in [0.5, 0.6) is 0 Å². The largest absolute Gasteiger partial charge is 0.459 e. The minimum atomic E-state index is -0.773. The second-order valence-electron chi connectivity index (χ2n) is 8.11. The number of benzene rings is 1. The number of nitrogens with one attached hydrogen (secondary N) is 2. The third kappa shape index (κ3) is 5.57. The van der Waals surface area contributed by atoms with E-state index in [0.717, 1.165) is 5.39 Å². The van der Waals surface area contributed by atoms with Crippen LogP contribution in [0.2, 0.25) is 0 Å². The zero-order valence-corrected chi connectivity index (χ0v) is 17.1. The summed E-state index contributed by atoms with van der Waals surface area (Å²) in [7, 11) is 0. The Morgan fingerprint density at radius 2 is 1.86 bits per heavy atom. The molecule has 0 aliphatic carbocycles. The first-order chi connectivity index (χ1) is 13.0. The van der Waals surface area contributed by atoms with Crippen LogP contribution in [0.25, 0.3) is 11.0 Å². The van der Waals surface area contributed by atoms with Gasteiger partial charge in [0, 0.05) is 5.39 Å². The number of carbonyl (C=O) groups is 2. The van der Waals surface area contributed by atoms with Gasteiger partial charge < -0.3 is 9.15 Å². The summed E-state index contributed by atoms with van der Waals surface area (Å²) in [6.45, 7) is 10.8. The van der Waals surface area contributed by atoms with Crippen molar-refractivity contribution in [3.63, 3.8) is 0 Å². The van der Waals surface area contributed by atoms with Gasteiger partial charge in [0.2, 0.25) is 5.91 Å². The molecule has 0 saturated carbocycles. The summed E-state index contributed by atoms with van der Waals surface area (Å²) in [6, 6.07) is 8.24. The van der Waals surface area contributed by atoms with E-state index >= 15 is 0 Å². The maximum atomic E-state index is 12.6. The third-order valence-corrected chi connectivity index (χ3v) is 4.09. The van der Waals surface area contributed by atoms with Crippen LogP contribution in [0.3, 0.4) is 0 Å². The summed E-state index contributed by atoms with van der Waals surface area (Å²) in [5.41, 5.74) is 0.536. The Bertz CT molecular complexity index is 902. The summed E-state index contributed by atoms with van der Waals surface area (Å²) in [5, 5.41) is 15.3. The minimum Gasteiger partial charge on any atom is -0.459 e. The van der Waals surface area contributed by atoms with Gasteiger partial charge in [-0.05, 0) is 57.9 Å². The predicted molar refractivity (Wildman–Crippen MR) is 105 cm³/mol. The number of amides is 2. The Balaban J connectivity index is 2.12. The van der Waals surface area contributed by atoms with Gasteiger partial charge in [0.25, 0.3) is 0 Å². The van der Waals surface area contributed by atoms with Crippen LogP contribution >= 0.6 is 0 Å². The summed E-state index contributed by atoms with van der Waals surface area (Å²) in [4.78, 5) is 24.5. The van der Waals surface area contributed by atoms with Crippen LogP contribution < -0.4 is 10.6 Å². The molecule has 1 heterocycles. The molecule has 0 spiro atoms. The molecule has 0 bridgehead atoms. The molecule has 2 aromatic rings. The van der Waals surface area contributed by atoms with Crippen molar-refractivity contribution in [2.75, 3.05) is 0 Å². The van der Waals surface area contributed by atoms with E-state index in [0.29, 0.717) is 16.9 Å². The molecule has 7 nitrogen and oxygen atoms in total. The SMILES string of the molecule is CC(N[C@H](C(=O)NC(=O)OC(C)(C)C)C(C)C)c1cc2cc(C#N)ccc2o1. The van der Waals surface area contributed by atoms with Gasteiger partial charge in [0.15, 0.2) is 0 Å². The zero-order valence-electron chi connectivity index (χ0n) is 17.1. The molecule has 0 aliphatic rings. The predicted octanol–water partition coefficient (Wildman–Crippen LogP) is 4.03. The second kappa shape index (κ2) is 8.44. The maximum absolute atomic E-state index is 12.6. The Morgan fingerprint density at radius 3 is 2.43 bits per heavy atom. The van der Waals surface area contributed by atoms with Crippen LogP contribution in [0.4, 0.5) is 4.79 Å². The quantitative estimate of drug-likeness (QED) is 0.805. The Labute approximate surface area is 165 Å². The number of alkyl carbamates (subject to hydrolysis) is 1. The van der Waals surface area contributed by atoms with Crippen molar-refractivity contribution in [1.29, 1.82) is 5.26 Å². The van der Waals surface area contributed by atoms with Gasteiger partial charge in [0.1, 0.15) is 16.9 Å². The molecule has 1 aromatic carbocycles. The van der Waals surface area contributed by atoms with E-state index in [1.54, 1.807) is 39.0 Å². The molecule has 0 fully saturated rings. The van der Waals surface area contributed by atoms with Crippen molar-refractivity contribution in [1.82, 2.24) is 10.6 Å². The molecule has 7 heteroatoms. The van der Waals surface area contributed by atoms with Crippen molar-refractivity contribution in [3.05, 3.63) is 35.6 Å². The van der Waals surface area contributed by atoms with Crippen molar-refractivity contribution < 1.29 is 18.7 Å². The molecule has 0 saturated heterocycles. The van der Waals surface area contributed by atoms with Crippen LogP contribution in [-0.4, -0.2) is 23.6 Å². The van der Waals surface area contributed by atoms with Crippen molar-refractivity contribution >= 4 is 23.0 Å². The van der Waals surface area contributed by atoms with E-state index in [9.17, 15) is 9.59 Å². The maximum Gasteiger partial charge on any atom is 0.414 e.